The molecule has 0 amide bonds. The lowest BCUT2D eigenvalue weighted by Gasteiger charge is -2.39. The summed E-state index contributed by atoms with van der Waals surface area (Å²) >= 11 is 6.09. The van der Waals surface area contributed by atoms with Crippen LogP contribution in [0.3, 0.4) is 0 Å². The van der Waals surface area contributed by atoms with Gasteiger partial charge in [0.1, 0.15) is 0 Å². The molecule has 6 heteroatoms. The van der Waals surface area contributed by atoms with E-state index in [4.69, 9.17) is 11.6 Å². The van der Waals surface area contributed by atoms with Gasteiger partial charge in [-0.05, 0) is 30.9 Å². The third-order valence-electron chi connectivity index (χ3n) is 4.07. The Morgan fingerprint density at radius 3 is 2.90 bits per heavy atom. The second-order valence-electron chi connectivity index (χ2n) is 6.11. The van der Waals surface area contributed by atoms with Gasteiger partial charge in [0.05, 0.1) is 5.75 Å². The molecule has 1 aliphatic rings. The van der Waals surface area contributed by atoms with Gasteiger partial charge >= 0.3 is 0 Å². The fourth-order valence-electron chi connectivity index (χ4n) is 3.07. The minimum absolute atomic E-state index is 0.0526. The van der Waals surface area contributed by atoms with Crippen molar-refractivity contribution in [2.45, 2.75) is 44.6 Å². The average Bonchev–Trinajstić information content (AvgIpc) is 2.46. The largest absolute Gasteiger partial charge is 0.261 e. The number of aromatic nitrogens is 1. The van der Waals surface area contributed by atoms with E-state index in [1.54, 1.807) is 6.20 Å². The molecule has 0 aromatic carbocycles. The number of sulfonamides is 1. The Morgan fingerprint density at radius 2 is 2.29 bits per heavy atom. The summed E-state index contributed by atoms with van der Waals surface area (Å²) in [6, 6.07) is 5.53. The van der Waals surface area contributed by atoms with Crippen LogP contribution in [0, 0.1) is 5.92 Å². The topological polar surface area (TPSA) is 59.1 Å². The molecule has 1 aromatic heterocycles. The molecule has 2 unspecified atom stereocenters. The molecular formula is C15H23ClN2O2S. The first-order valence-electron chi connectivity index (χ1n) is 7.42. The predicted molar refractivity (Wildman–Crippen MR) is 85.9 cm³/mol. The molecule has 118 valence electrons. The lowest BCUT2D eigenvalue weighted by Crippen LogP contribution is -2.53. The van der Waals surface area contributed by atoms with Crippen molar-refractivity contribution in [2.24, 2.45) is 5.92 Å². The van der Waals surface area contributed by atoms with E-state index in [1.165, 1.54) is 0 Å². The van der Waals surface area contributed by atoms with Crippen molar-refractivity contribution >= 4 is 21.6 Å². The Hall–Kier alpha value is -0.650. The predicted octanol–water partition coefficient (Wildman–Crippen LogP) is 2.73. The number of alkyl halides is 1. The van der Waals surface area contributed by atoms with Crippen molar-refractivity contribution < 1.29 is 8.42 Å². The van der Waals surface area contributed by atoms with Crippen LogP contribution >= 0.6 is 11.6 Å². The molecule has 2 atom stereocenters. The summed E-state index contributed by atoms with van der Waals surface area (Å²) in [4.78, 5) is 4.16. The van der Waals surface area contributed by atoms with Gasteiger partial charge in [-0.2, -0.15) is 0 Å². The summed E-state index contributed by atoms with van der Waals surface area (Å²) in [6.45, 7) is 2.16. The standard InChI is InChI=1S/C15H23ClN2O2S/c1-13-5-4-8-15(11-13,12-16)18-21(19,20)10-7-14-6-2-3-9-17-14/h2-3,6,9,13,18H,4-5,7-8,10-12H2,1H3. The molecule has 4 nitrogen and oxygen atoms in total. The molecule has 1 saturated carbocycles. The van der Waals surface area contributed by atoms with Crippen molar-refractivity contribution in [1.29, 1.82) is 0 Å². The maximum atomic E-state index is 12.3. The number of hydrogen-bond donors (Lipinski definition) is 1. The Labute approximate surface area is 132 Å². The monoisotopic (exact) mass is 330 g/mol. The van der Waals surface area contributed by atoms with Gasteiger partial charge in [-0.15, -0.1) is 11.6 Å². The summed E-state index contributed by atoms with van der Waals surface area (Å²) < 4.78 is 27.6. The molecule has 1 N–H and O–H groups in total. The Bertz CT molecular complexity index is 550. The molecule has 0 spiro atoms. The highest BCUT2D eigenvalue weighted by Crippen LogP contribution is 2.33. The number of nitrogens with zero attached hydrogens (tertiary/aromatic N) is 1. The van der Waals surface area contributed by atoms with Gasteiger partial charge in [-0.1, -0.05) is 25.8 Å². The fourth-order valence-corrected chi connectivity index (χ4v) is 4.95. The van der Waals surface area contributed by atoms with Gasteiger partial charge < -0.3 is 0 Å². The highest BCUT2D eigenvalue weighted by Gasteiger charge is 2.37. The molecule has 1 fully saturated rings. The van der Waals surface area contributed by atoms with Crippen molar-refractivity contribution in [3.8, 4) is 0 Å². The van der Waals surface area contributed by atoms with E-state index in [0.717, 1.165) is 31.4 Å². The van der Waals surface area contributed by atoms with Crippen molar-refractivity contribution in [1.82, 2.24) is 9.71 Å². The average molecular weight is 331 g/mol. The van der Waals surface area contributed by atoms with Crippen molar-refractivity contribution in [2.75, 3.05) is 11.6 Å². The van der Waals surface area contributed by atoms with Gasteiger partial charge in [-0.3, -0.25) is 4.98 Å². The molecule has 1 heterocycles. The van der Waals surface area contributed by atoms with Crippen LogP contribution in [0.15, 0.2) is 24.4 Å². The minimum Gasteiger partial charge on any atom is -0.261 e. The molecule has 0 radical (unpaired) electrons. The first-order valence-corrected chi connectivity index (χ1v) is 9.61. The maximum Gasteiger partial charge on any atom is 0.212 e. The van der Waals surface area contributed by atoms with Crippen LogP contribution in [0.2, 0.25) is 0 Å². The van der Waals surface area contributed by atoms with Crippen molar-refractivity contribution in [3.05, 3.63) is 30.1 Å². The van der Waals surface area contributed by atoms with Gasteiger partial charge in [0.25, 0.3) is 0 Å². The quantitative estimate of drug-likeness (QED) is 0.816. The van der Waals surface area contributed by atoms with Crippen LogP contribution in [0.4, 0.5) is 0 Å². The lowest BCUT2D eigenvalue weighted by atomic mass is 9.78. The Kier molecular flexibility index (Phi) is 5.63. The van der Waals surface area contributed by atoms with E-state index in [1.807, 2.05) is 18.2 Å². The van der Waals surface area contributed by atoms with E-state index in [0.29, 0.717) is 18.2 Å². The van der Waals surface area contributed by atoms with Gasteiger partial charge in [0.15, 0.2) is 0 Å². The van der Waals surface area contributed by atoms with E-state index in [2.05, 4.69) is 16.6 Å². The van der Waals surface area contributed by atoms with Crippen LogP contribution < -0.4 is 4.72 Å². The molecule has 21 heavy (non-hydrogen) atoms. The zero-order valence-corrected chi connectivity index (χ0v) is 14.0. The zero-order chi connectivity index (χ0) is 15.3. The SMILES string of the molecule is CC1CCCC(CCl)(NS(=O)(=O)CCc2ccccn2)C1. The normalized spacial score (nSPS) is 26.7. The first kappa shape index (κ1) is 16.7. The second-order valence-corrected chi connectivity index (χ2v) is 8.22. The second kappa shape index (κ2) is 7.07. The number of hydrogen-bond acceptors (Lipinski definition) is 3. The van der Waals surface area contributed by atoms with Gasteiger partial charge in [-0.25, -0.2) is 13.1 Å². The van der Waals surface area contributed by atoms with Gasteiger partial charge in [0, 0.05) is 29.7 Å². The summed E-state index contributed by atoms with van der Waals surface area (Å²) in [5.74, 6) is 0.896. The number of halogens is 1. The van der Waals surface area contributed by atoms with E-state index < -0.39 is 15.6 Å². The van der Waals surface area contributed by atoms with Crippen LogP contribution in [0.5, 0.6) is 0 Å². The molecule has 0 saturated heterocycles. The molecule has 1 aromatic rings. The zero-order valence-electron chi connectivity index (χ0n) is 12.4. The Morgan fingerprint density at radius 1 is 1.48 bits per heavy atom. The first-order chi connectivity index (χ1) is 9.95. The minimum atomic E-state index is -3.35. The van der Waals surface area contributed by atoms with Gasteiger partial charge in [0.2, 0.25) is 10.0 Å². The van der Waals surface area contributed by atoms with Crippen LogP contribution in [-0.2, 0) is 16.4 Å². The maximum absolute atomic E-state index is 12.3. The summed E-state index contributed by atoms with van der Waals surface area (Å²) in [5, 5.41) is 0. The molecule has 0 aliphatic heterocycles. The number of aryl methyl sites for hydroxylation is 1. The molecule has 2 rings (SSSR count). The fraction of sp³-hybridized carbons (Fsp3) is 0.667. The highest BCUT2D eigenvalue weighted by molar-refractivity contribution is 7.89. The Balaban J connectivity index is 1.99. The summed E-state index contributed by atoms with van der Waals surface area (Å²) in [6.07, 6.45) is 5.91. The molecule has 0 bridgehead atoms. The van der Waals surface area contributed by atoms with E-state index >= 15 is 0 Å². The van der Waals surface area contributed by atoms with Crippen molar-refractivity contribution in [3.63, 3.8) is 0 Å². The number of nitrogens with one attached hydrogen (secondary N) is 1. The summed E-state index contributed by atoms with van der Waals surface area (Å²) in [5.41, 5.74) is 0.321. The number of rotatable bonds is 6. The van der Waals surface area contributed by atoms with E-state index in [9.17, 15) is 8.42 Å². The summed E-state index contributed by atoms with van der Waals surface area (Å²) in [7, 11) is -3.35. The van der Waals surface area contributed by atoms with Crippen LogP contribution in [0.25, 0.3) is 0 Å². The highest BCUT2D eigenvalue weighted by atomic mass is 35.5. The van der Waals surface area contributed by atoms with Crippen LogP contribution in [-0.4, -0.2) is 30.6 Å². The van der Waals surface area contributed by atoms with Crippen LogP contribution in [0.1, 0.15) is 38.3 Å². The third kappa shape index (κ3) is 4.94. The molecular weight excluding hydrogens is 308 g/mol. The number of pyridine rings is 1. The third-order valence-corrected chi connectivity index (χ3v) is 6.07. The molecule has 1 aliphatic carbocycles. The smallest absolute Gasteiger partial charge is 0.212 e. The lowest BCUT2D eigenvalue weighted by molar-refractivity contribution is 0.239. The van der Waals surface area contributed by atoms with E-state index in [-0.39, 0.29) is 5.75 Å².